The summed E-state index contributed by atoms with van der Waals surface area (Å²) in [7, 11) is 2.08. The van der Waals surface area contributed by atoms with Gasteiger partial charge in [0.15, 0.2) is 0 Å². The first kappa shape index (κ1) is 13.2. The average molecular weight is 315 g/mol. The van der Waals surface area contributed by atoms with Crippen molar-refractivity contribution in [2.24, 2.45) is 4.99 Å². The third-order valence-corrected chi connectivity index (χ3v) is 3.61. The predicted octanol–water partition coefficient (Wildman–Crippen LogP) is 1.97. The molecule has 0 heterocycles. The van der Waals surface area contributed by atoms with E-state index in [-0.39, 0.29) is 11.1 Å². The summed E-state index contributed by atoms with van der Waals surface area (Å²) in [5.74, 6) is 0.879. The molecule has 0 amide bonds. The van der Waals surface area contributed by atoms with Gasteiger partial charge in [-0.15, -0.1) is 0 Å². The van der Waals surface area contributed by atoms with Crippen molar-refractivity contribution in [1.29, 1.82) is 0 Å². The first-order chi connectivity index (χ1) is 5.99. The van der Waals surface area contributed by atoms with E-state index in [9.17, 15) is 0 Å². The van der Waals surface area contributed by atoms with Crippen molar-refractivity contribution in [3.8, 4) is 0 Å². The average Bonchev–Trinajstić information content (AvgIpc) is 2.04. The van der Waals surface area contributed by atoms with E-state index in [4.69, 9.17) is 0 Å². The Labute approximate surface area is 97.7 Å². The second-order valence-corrected chi connectivity index (χ2v) is 5.94. The number of hydrogen-bond donors (Lipinski definition) is 2. The monoisotopic (exact) mass is 315 g/mol. The first-order valence-electron chi connectivity index (χ1n) is 3.94. The van der Waals surface area contributed by atoms with Gasteiger partial charge in [0, 0.05) is 0 Å². The van der Waals surface area contributed by atoms with Crippen LogP contribution in [0.4, 0.5) is 0 Å². The quantitative estimate of drug-likeness (QED) is 0.273. The molecule has 0 bridgehead atoms. The van der Waals surface area contributed by atoms with Gasteiger partial charge in [-0.1, -0.05) is 6.58 Å². The summed E-state index contributed by atoms with van der Waals surface area (Å²) >= 11 is 2.02. The lowest BCUT2D eigenvalue weighted by atomic mass is 10.3. The van der Waals surface area contributed by atoms with Gasteiger partial charge in [-0.3, -0.25) is 9.30 Å². The summed E-state index contributed by atoms with van der Waals surface area (Å²) in [4.78, 5) is 4.40. The van der Waals surface area contributed by atoms with Crippen LogP contribution in [0.5, 0.6) is 0 Å². The molecule has 0 rings (SSSR count). The van der Waals surface area contributed by atoms with E-state index in [1.165, 1.54) is 0 Å². The molecule has 0 radical (unpaired) electrons. The fraction of sp³-hybridized carbons (Fsp3) is 0.625. The molecule has 0 aromatic carbocycles. The second-order valence-electron chi connectivity index (χ2n) is 3.03. The van der Waals surface area contributed by atoms with Crippen molar-refractivity contribution in [2.75, 3.05) is 26.2 Å². The molecule has 0 saturated heterocycles. The topological polar surface area (TPSA) is 27.6 Å². The van der Waals surface area contributed by atoms with E-state index in [0.717, 1.165) is 18.1 Å². The first-order valence-corrected chi connectivity index (χ1v) is 7.21. The Kier molecular flexibility index (Phi) is 6.79. The van der Waals surface area contributed by atoms with Crippen LogP contribution in [0.25, 0.3) is 0 Å². The predicted molar refractivity (Wildman–Crippen MR) is 72.9 cm³/mol. The fourth-order valence-electron chi connectivity index (χ4n) is 0.545. The van der Waals surface area contributed by atoms with Crippen molar-refractivity contribution < 1.29 is 0 Å². The van der Waals surface area contributed by atoms with E-state index in [1.807, 2.05) is 6.92 Å². The summed E-state index contributed by atoms with van der Waals surface area (Å²) in [6, 6.07) is 0. The minimum Gasteiger partial charge on any atom is -0.313 e. The van der Waals surface area contributed by atoms with Gasteiger partial charge in [0.1, 0.15) is 12.5 Å². The van der Waals surface area contributed by atoms with Gasteiger partial charge in [-0.2, -0.15) is 0 Å². The van der Waals surface area contributed by atoms with Crippen molar-refractivity contribution in [3.63, 3.8) is 0 Å². The number of nitrogens with zero attached hydrogens (tertiary/aromatic N) is 2. The molecule has 5 heteroatoms. The molecule has 0 aliphatic carbocycles. The molecule has 0 aliphatic heterocycles. The lowest BCUT2D eigenvalue weighted by Crippen LogP contribution is -2.19. The van der Waals surface area contributed by atoms with Crippen LogP contribution in [0.15, 0.2) is 17.1 Å². The van der Waals surface area contributed by atoms with Crippen LogP contribution in [0.2, 0.25) is 0 Å². The highest BCUT2D eigenvalue weighted by molar-refractivity contribution is 14.1. The third kappa shape index (κ3) is 5.53. The van der Waals surface area contributed by atoms with E-state index < -0.39 is 0 Å². The Bertz CT molecular complexity index is 204. The summed E-state index contributed by atoms with van der Waals surface area (Å²) in [5.41, 5.74) is 0.972. The lowest BCUT2D eigenvalue weighted by molar-refractivity contribution is 0.583. The molecule has 0 aliphatic rings. The number of hydrogen-bond acceptors (Lipinski definition) is 2. The van der Waals surface area contributed by atoms with Gasteiger partial charge in [0.05, 0.1) is 22.9 Å². The van der Waals surface area contributed by atoms with Gasteiger partial charge < -0.3 is 3.53 Å². The summed E-state index contributed by atoms with van der Waals surface area (Å²) < 4.78 is 5.23. The number of rotatable bonds is 4. The second kappa shape index (κ2) is 6.67. The summed E-state index contributed by atoms with van der Waals surface area (Å²) in [6.45, 7) is 6.52. The maximum Gasteiger partial charge on any atom is 0.133 e. The number of thiol groups is 1. The Hall–Kier alpha value is 0.250. The Morgan fingerprint density at radius 3 is 2.46 bits per heavy atom. The number of nitrogens with one attached hydrogen (secondary N) is 1. The smallest absolute Gasteiger partial charge is 0.133 e. The van der Waals surface area contributed by atoms with Crippen molar-refractivity contribution >= 4 is 39.8 Å². The molecule has 0 aromatic heterocycles. The van der Waals surface area contributed by atoms with E-state index >= 15 is 0 Å². The maximum absolute atomic E-state index is 4.40. The highest BCUT2D eigenvalue weighted by atomic mass is 127. The maximum atomic E-state index is 4.40. The van der Waals surface area contributed by atoms with Crippen LogP contribution in [0.1, 0.15) is 6.92 Å². The van der Waals surface area contributed by atoms with Crippen LogP contribution in [-0.2, 0) is 0 Å². The summed E-state index contributed by atoms with van der Waals surface area (Å²) in [6.07, 6.45) is 4.42. The van der Waals surface area contributed by atoms with E-state index in [2.05, 4.69) is 61.8 Å². The highest BCUT2D eigenvalue weighted by Crippen LogP contribution is 2.17. The van der Waals surface area contributed by atoms with Crippen LogP contribution in [0, 0.1) is 0 Å². The summed E-state index contributed by atoms with van der Waals surface area (Å²) in [5, 5.41) is 0. The van der Waals surface area contributed by atoms with E-state index in [1.54, 1.807) is 0 Å². The van der Waals surface area contributed by atoms with Gasteiger partial charge >= 0.3 is 0 Å². The van der Waals surface area contributed by atoms with Crippen molar-refractivity contribution in [1.82, 2.24) is 7.84 Å². The van der Waals surface area contributed by atoms with Gasteiger partial charge in [0.25, 0.3) is 0 Å². The minimum absolute atomic E-state index is 0.0503. The zero-order valence-electron chi connectivity index (χ0n) is 8.63. The van der Waals surface area contributed by atoms with Crippen molar-refractivity contribution in [3.05, 3.63) is 12.2 Å². The van der Waals surface area contributed by atoms with E-state index in [0.29, 0.717) is 0 Å². The third-order valence-electron chi connectivity index (χ3n) is 1.61. The minimum atomic E-state index is -0.0503. The molecular weight excluding hydrogens is 297 g/mol. The fourth-order valence-corrected chi connectivity index (χ4v) is 1.49. The molecule has 78 valence electrons. The molecule has 0 spiro atoms. The van der Waals surface area contributed by atoms with Gasteiger partial charge in [0.2, 0.25) is 0 Å². The van der Waals surface area contributed by atoms with Gasteiger partial charge in [-0.25, -0.2) is 11.1 Å². The molecule has 0 aromatic rings. The molecule has 1 N–H and O–H groups in total. The molecular formula is C8H18IN3S. The van der Waals surface area contributed by atoms with Crippen LogP contribution in [0.3, 0.4) is 0 Å². The van der Waals surface area contributed by atoms with Crippen LogP contribution < -0.4 is 3.53 Å². The Morgan fingerprint density at radius 2 is 2.15 bits per heavy atom. The molecule has 0 fully saturated rings. The standard InChI is InChI=1S/C8H18IN3S/c1-7(2)8(11-9)10-6-12(3)13(4)5/h13H,1,6H2,2-5H3,(H,10,11). The SMILES string of the molecule is C=C(C)C(=NCN(C)[SH](C)C)NI. The number of aliphatic imine (C=N–C) groups is 1. The molecule has 3 nitrogen and oxygen atoms in total. The number of halogens is 1. The zero-order chi connectivity index (χ0) is 10.4. The Morgan fingerprint density at radius 1 is 1.62 bits per heavy atom. The zero-order valence-corrected chi connectivity index (χ0v) is 11.7. The van der Waals surface area contributed by atoms with Gasteiger partial charge in [-0.05, 0) is 32.1 Å². The number of amidine groups is 1. The molecule has 0 unspecified atom stereocenters. The largest absolute Gasteiger partial charge is 0.313 e. The molecule has 0 atom stereocenters. The van der Waals surface area contributed by atoms with Crippen LogP contribution in [-0.4, -0.2) is 36.4 Å². The lowest BCUT2D eigenvalue weighted by Gasteiger charge is -2.22. The normalized spacial score (nSPS) is 13.1. The van der Waals surface area contributed by atoms with Crippen molar-refractivity contribution in [2.45, 2.75) is 6.92 Å². The van der Waals surface area contributed by atoms with Crippen LogP contribution >= 0.6 is 33.9 Å². The highest BCUT2D eigenvalue weighted by Gasteiger charge is 2.00. The molecule has 0 saturated carbocycles. The Balaban J connectivity index is 4.14. The molecule has 13 heavy (non-hydrogen) atoms.